The molecule has 1 aromatic heterocycles. The molecule has 0 radical (unpaired) electrons. The molecule has 0 fully saturated rings. The summed E-state index contributed by atoms with van der Waals surface area (Å²) in [6.07, 6.45) is 2.88. The second-order valence-electron chi connectivity index (χ2n) is 3.04. The molecule has 0 N–H and O–H groups in total. The second-order valence-corrected chi connectivity index (χ2v) is 4.36. The lowest BCUT2D eigenvalue weighted by molar-refractivity contribution is 0.778. The van der Waals surface area contributed by atoms with E-state index in [4.69, 9.17) is 11.6 Å². The number of nitrogens with zero attached hydrogens (tertiary/aromatic N) is 2. The van der Waals surface area contributed by atoms with Crippen LogP contribution in [-0.4, -0.2) is 18.1 Å². The molecule has 0 aliphatic heterocycles. The SMILES string of the molecule is CCCN(CC)c1ncc(Br)cc1Cl. The van der Waals surface area contributed by atoms with Crippen LogP contribution in [0.4, 0.5) is 5.82 Å². The third-order valence-electron chi connectivity index (χ3n) is 1.96. The monoisotopic (exact) mass is 276 g/mol. The molecule has 0 bridgehead atoms. The molecule has 1 heterocycles. The molecule has 1 rings (SSSR count). The molecule has 0 saturated carbocycles. The van der Waals surface area contributed by atoms with E-state index in [1.807, 2.05) is 6.07 Å². The summed E-state index contributed by atoms with van der Waals surface area (Å²) in [5.74, 6) is 0.874. The third-order valence-corrected chi connectivity index (χ3v) is 2.67. The van der Waals surface area contributed by atoms with Crippen molar-refractivity contribution in [3.05, 3.63) is 21.8 Å². The van der Waals surface area contributed by atoms with Crippen molar-refractivity contribution in [3.63, 3.8) is 0 Å². The Kier molecular flexibility index (Phi) is 4.69. The molecular formula is C10H14BrClN2. The number of pyridine rings is 1. The van der Waals surface area contributed by atoms with E-state index in [2.05, 4.69) is 39.7 Å². The molecule has 78 valence electrons. The van der Waals surface area contributed by atoms with Crippen LogP contribution in [-0.2, 0) is 0 Å². The minimum atomic E-state index is 0.703. The van der Waals surface area contributed by atoms with E-state index >= 15 is 0 Å². The summed E-state index contributed by atoms with van der Waals surface area (Å²) in [5, 5.41) is 0.703. The molecule has 0 aliphatic rings. The highest BCUT2D eigenvalue weighted by Gasteiger charge is 2.09. The Morgan fingerprint density at radius 3 is 2.71 bits per heavy atom. The second kappa shape index (κ2) is 5.56. The van der Waals surface area contributed by atoms with Gasteiger partial charge in [0.15, 0.2) is 0 Å². The van der Waals surface area contributed by atoms with Crippen LogP contribution in [0.3, 0.4) is 0 Å². The van der Waals surface area contributed by atoms with E-state index in [-0.39, 0.29) is 0 Å². The predicted molar refractivity (Wildman–Crippen MR) is 65.1 cm³/mol. The van der Waals surface area contributed by atoms with Crippen molar-refractivity contribution >= 4 is 33.3 Å². The zero-order valence-electron chi connectivity index (χ0n) is 8.43. The molecule has 4 heteroatoms. The predicted octanol–water partition coefficient (Wildman–Crippen LogP) is 3.73. The molecular weight excluding hydrogens is 263 g/mol. The molecule has 0 aromatic carbocycles. The first-order chi connectivity index (χ1) is 6.69. The third kappa shape index (κ3) is 2.85. The maximum Gasteiger partial charge on any atom is 0.147 e. The summed E-state index contributed by atoms with van der Waals surface area (Å²) in [6, 6.07) is 1.88. The molecule has 2 nitrogen and oxygen atoms in total. The van der Waals surface area contributed by atoms with Gasteiger partial charge in [-0.1, -0.05) is 18.5 Å². The molecule has 0 atom stereocenters. The number of aromatic nitrogens is 1. The highest BCUT2D eigenvalue weighted by molar-refractivity contribution is 9.10. The van der Waals surface area contributed by atoms with Gasteiger partial charge in [0.25, 0.3) is 0 Å². The van der Waals surface area contributed by atoms with Gasteiger partial charge in [-0.3, -0.25) is 0 Å². The van der Waals surface area contributed by atoms with Crippen LogP contribution in [0.25, 0.3) is 0 Å². The summed E-state index contributed by atoms with van der Waals surface area (Å²) >= 11 is 9.45. The van der Waals surface area contributed by atoms with Crippen LogP contribution < -0.4 is 4.90 Å². The minimum absolute atomic E-state index is 0.703. The quantitative estimate of drug-likeness (QED) is 0.833. The van der Waals surface area contributed by atoms with Crippen LogP contribution >= 0.6 is 27.5 Å². The van der Waals surface area contributed by atoms with Gasteiger partial charge < -0.3 is 4.90 Å². The molecule has 0 spiro atoms. The van der Waals surface area contributed by atoms with E-state index < -0.39 is 0 Å². The molecule has 0 saturated heterocycles. The van der Waals surface area contributed by atoms with E-state index in [1.54, 1.807) is 6.20 Å². The van der Waals surface area contributed by atoms with E-state index in [9.17, 15) is 0 Å². The standard InChI is InChI=1S/C10H14BrClN2/c1-3-5-14(4-2)10-9(12)6-8(11)7-13-10/h6-7H,3-5H2,1-2H3. The maximum absolute atomic E-state index is 6.10. The maximum atomic E-state index is 6.10. The lowest BCUT2D eigenvalue weighted by atomic mass is 10.3. The summed E-state index contributed by atoms with van der Waals surface area (Å²) in [7, 11) is 0. The smallest absolute Gasteiger partial charge is 0.147 e. The van der Waals surface area contributed by atoms with Gasteiger partial charge in [-0.05, 0) is 35.3 Å². The van der Waals surface area contributed by atoms with Gasteiger partial charge in [-0.25, -0.2) is 4.98 Å². The van der Waals surface area contributed by atoms with Crippen LogP contribution in [0.2, 0.25) is 5.02 Å². The van der Waals surface area contributed by atoms with Crippen molar-refractivity contribution in [3.8, 4) is 0 Å². The number of rotatable bonds is 4. The average molecular weight is 278 g/mol. The van der Waals surface area contributed by atoms with Gasteiger partial charge in [0, 0.05) is 23.8 Å². The van der Waals surface area contributed by atoms with Crippen molar-refractivity contribution < 1.29 is 0 Å². The van der Waals surface area contributed by atoms with Gasteiger partial charge in [-0.15, -0.1) is 0 Å². The van der Waals surface area contributed by atoms with Crippen molar-refractivity contribution in [2.24, 2.45) is 0 Å². The van der Waals surface area contributed by atoms with Gasteiger partial charge >= 0.3 is 0 Å². The Morgan fingerprint density at radius 1 is 1.50 bits per heavy atom. The lowest BCUT2D eigenvalue weighted by Gasteiger charge is -2.22. The highest BCUT2D eigenvalue weighted by atomic mass is 79.9. The van der Waals surface area contributed by atoms with E-state index in [0.29, 0.717) is 5.02 Å². The number of anilines is 1. The summed E-state index contributed by atoms with van der Waals surface area (Å²) < 4.78 is 0.916. The van der Waals surface area contributed by atoms with Crippen molar-refractivity contribution in [2.45, 2.75) is 20.3 Å². The van der Waals surface area contributed by atoms with Gasteiger partial charge in [0.1, 0.15) is 5.82 Å². The zero-order valence-corrected chi connectivity index (χ0v) is 10.8. The first kappa shape index (κ1) is 11.8. The Bertz CT molecular complexity index is 304. The Labute approximate surface area is 98.4 Å². The van der Waals surface area contributed by atoms with Gasteiger partial charge in [0.2, 0.25) is 0 Å². The van der Waals surface area contributed by atoms with Crippen LogP contribution in [0.5, 0.6) is 0 Å². The molecule has 0 aliphatic carbocycles. The highest BCUT2D eigenvalue weighted by Crippen LogP contribution is 2.26. The Hall–Kier alpha value is -0.280. The first-order valence-corrected chi connectivity index (χ1v) is 5.92. The van der Waals surface area contributed by atoms with E-state index in [1.165, 1.54) is 0 Å². The Morgan fingerprint density at radius 2 is 2.21 bits per heavy atom. The fraction of sp³-hybridized carbons (Fsp3) is 0.500. The van der Waals surface area contributed by atoms with E-state index in [0.717, 1.165) is 29.8 Å². The Balaban J connectivity index is 2.92. The number of hydrogen-bond donors (Lipinski definition) is 0. The van der Waals surface area contributed by atoms with Crippen molar-refractivity contribution in [1.82, 2.24) is 4.98 Å². The average Bonchev–Trinajstić information content (AvgIpc) is 2.15. The van der Waals surface area contributed by atoms with Crippen LogP contribution in [0, 0.1) is 0 Å². The van der Waals surface area contributed by atoms with Gasteiger partial charge in [0.05, 0.1) is 5.02 Å². The molecule has 1 aromatic rings. The van der Waals surface area contributed by atoms with Gasteiger partial charge in [-0.2, -0.15) is 0 Å². The number of halogens is 2. The fourth-order valence-corrected chi connectivity index (χ4v) is 2.07. The van der Waals surface area contributed by atoms with Crippen LogP contribution in [0.1, 0.15) is 20.3 Å². The topological polar surface area (TPSA) is 16.1 Å². The van der Waals surface area contributed by atoms with Crippen molar-refractivity contribution in [2.75, 3.05) is 18.0 Å². The summed E-state index contributed by atoms with van der Waals surface area (Å²) in [5.41, 5.74) is 0. The minimum Gasteiger partial charge on any atom is -0.356 e. The normalized spacial score (nSPS) is 10.3. The van der Waals surface area contributed by atoms with Crippen LogP contribution in [0.15, 0.2) is 16.7 Å². The fourth-order valence-electron chi connectivity index (χ4n) is 1.32. The molecule has 0 amide bonds. The largest absolute Gasteiger partial charge is 0.356 e. The first-order valence-electron chi connectivity index (χ1n) is 4.75. The molecule has 0 unspecified atom stereocenters. The summed E-state index contributed by atoms with van der Waals surface area (Å²) in [4.78, 5) is 6.49. The van der Waals surface area contributed by atoms with Crippen molar-refractivity contribution in [1.29, 1.82) is 0 Å². The molecule has 14 heavy (non-hydrogen) atoms. The lowest BCUT2D eigenvalue weighted by Crippen LogP contribution is -2.24. The summed E-state index contributed by atoms with van der Waals surface area (Å²) in [6.45, 7) is 6.18. The number of hydrogen-bond acceptors (Lipinski definition) is 2. The zero-order chi connectivity index (χ0) is 10.6.